The third-order valence-electron chi connectivity index (χ3n) is 10.7. The number of aliphatic imine (C=N–C) groups is 1. The van der Waals surface area contributed by atoms with Gasteiger partial charge in [-0.3, -0.25) is 4.99 Å². The van der Waals surface area contributed by atoms with E-state index >= 15 is 0 Å². The molecule has 9 rings (SSSR count). The number of nitrogens with zero attached hydrogens (tertiary/aromatic N) is 1. The van der Waals surface area contributed by atoms with Gasteiger partial charge in [-0.2, -0.15) is 0 Å². The maximum absolute atomic E-state index is 4.62. The summed E-state index contributed by atoms with van der Waals surface area (Å²) in [5.41, 5.74) is 15.7. The highest BCUT2D eigenvalue weighted by Gasteiger charge is 2.51. The van der Waals surface area contributed by atoms with Crippen molar-refractivity contribution in [1.82, 2.24) is 0 Å². The van der Waals surface area contributed by atoms with Gasteiger partial charge in [-0.25, -0.2) is 0 Å². The number of hydrogen-bond donors (Lipinski definition) is 0. The largest absolute Gasteiger partial charge is 0.257 e. The summed E-state index contributed by atoms with van der Waals surface area (Å²) in [6.45, 7) is 8.06. The zero-order valence-electron chi connectivity index (χ0n) is 28.9. The van der Waals surface area contributed by atoms with Crippen LogP contribution >= 0.6 is 0 Å². The Kier molecular flexibility index (Phi) is 7.37. The first-order chi connectivity index (χ1) is 25.2. The Morgan fingerprint density at radius 3 is 1.98 bits per heavy atom. The maximum atomic E-state index is 4.62. The molecule has 0 saturated heterocycles. The molecule has 51 heavy (non-hydrogen) atoms. The minimum atomic E-state index is -0.423. The Bertz CT molecular complexity index is 2680. The molecule has 1 atom stereocenters. The van der Waals surface area contributed by atoms with E-state index in [0.717, 1.165) is 16.8 Å². The maximum Gasteiger partial charge on any atom is 0.0725 e. The highest BCUT2D eigenvalue weighted by molar-refractivity contribution is 6.13. The van der Waals surface area contributed by atoms with Crippen molar-refractivity contribution >= 4 is 33.3 Å². The number of hydrogen-bond acceptors (Lipinski definition) is 1. The molecule has 0 aliphatic heterocycles. The lowest BCUT2D eigenvalue weighted by molar-refractivity contribution is 0.795. The summed E-state index contributed by atoms with van der Waals surface area (Å²) in [7, 11) is 0. The lowest BCUT2D eigenvalue weighted by Gasteiger charge is -2.30. The number of rotatable bonds is 6. The zero-order valence-corrected chi connectivity index (χ0v) is 28.9. The highest BCUT2D eigenvalue weighted by Crippen LogP contribution is 2.63. The van der Waals surface area contributed by atoms with Crippen LogP contribution in [0.3, 0.4) is 0 Å². The van der Waals surface area contributed by atoms with Crippen LogP contribution in [0.4, 0.5) is 0 Å². The molecule has 242 valence electrons. The van der Waals surface area contributed by atoms with Crippen LogP contribution in [-0.4, -0.2) is 5.71 Å². The van der Waals surface area contributed by atoms with Gasteiger partial charge in [-0.1, -0.05) is 140 Å². The van der Waals surface area contributed by atoms with E-state index in [2.05, 4.69) is 176 Å². The highest BCUT2D eigenvalue weighted by atomic mass is 14.7. The first-order valence-corrected chi connectivity index (χ1v) is 17.7. The topological polar surface area (TPSA) is 12.4 Å². The molecule has 1 unspecified atom stereocenters. The van der Waals surface area contributed by atoms with Crippen molar-refractivity contribution in [3.05, 3.63) is 210 Å². The summed E-state index contributed by atoms with van der Waals surface area (Å²) in [6.07, 6.45) is 14.1. The van der Waals surface area contributed by atoms with E-state index in [-0.39, 0.29) is 0 Å². The molecule has 0 saturated carbocycles. The van der Waals surface area contributed by atoms with Gasteiger partial charge >= 0.3 is 0 Å². The van der Waals surface area contributed by atoms with Gasteiger partial charge in [-0.05, 0) is 133 Å². The minimum absolute atomic E-state index is 0.423. The third-order valence-corrected chi connectivity index (χ3v) is 10.7. The molecule has 7 aromatic rings. The van der Waals surface area contributed by atoms with Crippen LogP contribution in [0.5, 0.6) is 0 Å². The minimum Gasteiger partial charge on any atom is -0.257 e. The van der Waals surface area contributed by atoms with Gasteiger partial charge in [0.1, 0.15) is 0 Å². The normalized spacial score (nSPS) is 16.1. The number of benzene rings is 7. The lowest BCUT2D eigenvalue weighted by Crippen LogP contribution is -2.25. The van der Waals surface area contributed by atoms with Crippen LogP contribution in [0.2, 0.25) is 0 Å². The standard InChI is InChI=1S/C50H37N/c1-4-7-8-16-35-29-37-31-44-41-22-12-14-24-46(41)50(48(44)32-42(37)39-20-10-9-19-38(35)39)45-23-13-11-21-40(45)43-30-34(25-26-47(43)50)33-17-15-18-36(28-33)49(6-3)51-27-5-2/h4-32H,3H2,1-2H3/b7-4-,16-8-,27-5-,51-49?. The molecule has 2 aliphatic rings. The summed E-state index contributed by atoms with van der Waals surface area (Å²) < 4.78 is 0. The fourth-order valence-corrected chi connectivity index (χ4v) is 8.62. The van der Waals surface area contributed by atoms with Crippen LogP contribution < -0.4 is 0 Å². The Morgan fingerprint density at radius 1 is 0.549 bits per heavy atom. The predicted octanol–water partition coefficient (Wildman–Crippen LogP) is 13.1. The monoisotopic (exact) mass is 651 g/mol. The van der Waals surface area contributed by atoms with Crippen LogP contribution in [0, 0.1) is 0 Å². The van der Waals surface area contributed by atoms with Gasteiger partial charge in [0.15, 0.2) is 0 Å². The summed E-state index contributed by atoms with van der Waals surface area (Å²) in [6, 6.07) is 50.0. The quantitative estimate of drug-likeness (QED) is 0.0964. The third kappa shape index (κ3) is 4.59. The van der Waals surface area contributed by atoms with E-state index < -0.39 is 5.41 Å². The van der Waals surface area contributed by atoms with Gasteiger partial charge in [0.2, 0.25) is 0 Å². The van der Waals surface area contributed by atoms with Crippen LogP contribution in [0.1, 0.15) is 47.2 Å². The van der Waals surface area contributed by atoms with Crippen molar-refractivity contribution in [2.24, 2.45) is 4.99 Å². The van der Waals surface area contributed by atoms with Crippen LogP contribution in [0.15, 0.2) is 182 Å². The fourth-order valence-electron chi connectivity index (χ4n) is 8.62. The Balaban J connectivity index is 1.30. The van der Waals surface area contributed by atoms with Gasteiger partial charge in [0.25, 0.3) is 0 Å². The summed E-state index contributed by atoms with van der Waals surface area (Å²) in [5, 5.41) is 5.10. The van der Waals surface area contributed by atoms with E-state index in [1.807, 2.05) is 25.3 Å². The molecule has 0 fully saturated rings. The first-order valence-electron chi connectivity index (χ1n) is 17.7. The van der Waals surface area contributed by atoms with E-state index in [0.29, 0.717) is 0 Å². The van der Waals surface area contributed by atoms with Gasteiger partial charge < -0.3 is 0 Å². The van der Waals surface area contributed by atoms with Crippen LogP contribution in [-0.2, 0) is 5.41 Å². The predicted molar refractivity (Wildman–Crippen MR) is 219 cm³/mol. The van der Waals surface area contributed by atoms with Crippen molar-refractivity contribution in [3.63, 3.8) is 0 Å². The van der Waals surface area contributed by atoms with Crippen molar-refractivity contribution in [3.8, 4) is 33.4 Å². The van der Waals surface area contributed by atoms with Crippen molar-refractivity contribution in [2.45, 2.75) is 19.3 Å². The van der Waals surface area contributed by atoms with Crippen molar-refractivity contribution < 1.29 is 0 Å². The molecule has 0 amide bonds. The molecule has 1 nitrogen and oxygen atoms in total. The summed E-state index contributed by atoms with van der Waals surface area (Å²) in [4.78, 5) is 4.62. The zero-order chi connectivity index (χ0) is 34.5. The fraction of sp³-hybridized carbons (Fsp3) is 0.0600. The molecule has 0 aromatic heterocycles. The molecule has 0 radical (unpaired) electrons. The Labute approximate surface area is 300 Å². The molecule has 1 heteroatoms. The first kappa shape index (κ1) is 30.7. The molecule has 7 aromatic carbocycles. The molecular weight excluding hydrogens is 615 g/mol. The van der Waals surface area contributed by atoms with E-state index in [9.17, 15) is 0 Å². The van der Waals surface area contributed by atoms with Crippen molar-refractivity contribution in [2.75, 3.05) is 0 Å². The van der Waals surface area contributed by atoms with Crippen LogP contribution in [0.25, 0.3) is 61.0 Å². The average Bonchev–Trinajstić information content (AvgIpc) is 3.64. The second-order valence-corrected chi connectivity index (χ2v) is 13.4. The summed E-state index contributed by atoms with van der Waals surface area (Å²) in [5.74, 6) is 0. The van der Waals surface area contributed by atoms with Crippen molar-refractivity contribution in [1.29, 1.82) is 0 Å². The molecule has 1 spiro atoms. The Morgan fingerprint density at radius 2 is 1.24 bits per heavy atom. The Hall–Kier alpha value is -6.31. The van der Waals surface area contributed by atoms with E-state index in [1.165, 1.54) is 77.2 Å². The van der Waals surface area contributed by atoms with Gasteiger partial charge in [0.05, 0.1) is 11.1 Å². The smallest absolute Gasteiger partial charge is 0.0725 e. The lowest BCUT2D eigenvalue weighted by atomic mass is 9.70. The molecule has 0 bridgehead atoms. The molecular formula is C50H37N. The molecule has 2 aliphatic carbocycles. The van der Waals surface area contributed by atoms with E-state index in [4.69, 9.17) is 0 Å². The number of allylic oxidation sites excluding steroid dienone is 5. The van der Waals surface area contributed by atoms with E-state index in [1.54, 1.807) is 0 Å². The average molecular weight is 652 g/mol. The number of fused-ring (bicyclic) bond motifs is 13. The molecule has 0 heterocycles. The summed E-state index contributed by atoms with van der Waals surface area (Å²) >= 11 is 0. The second-order valence-electron chi connectivity index (χ2n) is 13.4. The van der Waals surface area contributed by atoms with Gasteiger partial charge in [-0.15, -0.1) is 0 Å². The van der Waals surface area contributed by atoms with Gasteiger partial charge in [0, 0.05) is 11.8 Å². The second kappa shape index (κ2) is 12.2. The molecule has 0 N–H and O–H groups in total. The SMILES string of the molecule is C=CC(=N/C=C\C)c1cccc(-c2ccc3c(c2)-c2ccccc2C32c3ccccc3-c3cc4cc(/C=C\C=C/C)c5ccccc5c4cc32)c1.